The van der Waals surface area contributed by atoms with Gasteiger partial charge in [0.2, 0.25) is 0 Å². The number of nitrogens with one attached hydrogen (secondary N) is 1. The fourth-order valence-corrected chi connectivity index (χ4v) is 4.28. The standard InChI is InChI=1S/C25H20N2O5S/c1-15-7-12-20-21(13-15)33-23(27-20)16-8-10-17(11-9-16)26-22(28)14-32-25(30)19-6-4-3-5-18(19)24(29)31-2/h3-13H,14H2,1-2H3,(H,26,28). The van der Waals surface area contributed by atoms with E-state index >= 15 is 0 Å². The van der Waals surface area contributed by atoms with Crippen molar-refractivity contribution in [3.63, 3.8) is 0 Å². The van der Waals surface area contributed by atoms with E-state index in [9.17, 15) is 14.4 Å². The highest BCUT2D eigenvalue weighted by Gasteiger charge is 2.19. The number of benzene rings is 3. The van der Waals surface area contributed by atoms with Crippen LogP contribution in [0.5, 0.6) is 0 Å². The molecule has 33 heavy (non-hydrogen) atoms. The van der Waals surface area contributed by atoms with Gasteiger partial charge in [-0.1, -0.05) is 18.2 Å². The third kappa shape index (κ3) is 5.07. The smallest absolute Gasteiger partial charge is 0.339 e. The molecule has 166 valence electrons. The van der Waals surface area contributed by atoms with Crippen molar-refractivity contribution < 1.29 is 23.9 Å². The molecule has 1 aromatic heterocycles. The molecule has 1 amide bonds. The van der Waals surface area contributed by atoms with Crippen LogP contribution in [0.25, 0.3) is 20.8 Å². The van der Waals surface area contributed by atoms with Gasteiger partial charge in [-0.25, -0.2) is 14.6 Å². The van der Waals surface area contributed by atoms with Gasteiger partial charge in [0.1, 0.15) is 5.01 Å². The van der Waals surface area contributed by atoms with Gasteiger partial charge in [-0.2, -0.15) is 0 Å². The Labute approximate surface area is 194 Å². The number of aryl methyl sites for hydroxylation is 1. The van der Waals surface area contributed by atoms with Crippen molar-refractivity contribution in [2.24, 2.45) is 0 Å². The van der Waals surface area contributed by atoms with E-state index in [4.69, 9.17) is 4.74 Å². The van der Waals surface area contributed by atoms with Crippen molar-refractivity contribution in [1.29, 1.82) is 0 Å². The van der Waals surface area contributed by atoms with Crippen LogP contribution in [0.1, 0.15) is 26.3 Å². The number of ether oxygens (including phenoxy) is 2. The second-order valence-corrected chi connectivity index (χ2v) is 8.26. The number of fused-ring (bicyclic) bond motifs is 1. The fourth-order valence-electron chi connectivity index (χ4n) is 3.21. The zero-order chi connectivity index (χ0) is 23.4. The van der Waals surface area contributed by atoms with Crippen LogP contribution < -0.4 is 5.32 Å². The minimum Gasteiger partial charge on any atom is -0.465 e. The van der Waals surface area contributed by atoms with Gasteiger partial charge in [0.25, 0.3) is 5.91 Å². The maximum absolute atomic E-state index is 12.3. The third-order valence-corrected chi connectivity index (χ3v) is 5.91. The molecule has 0 spiro atoms. The summed E-state index contributed by atoms with van der Waals surface area (Å²) in [6.07, 6.45) is 0. The van der Waals surface area contributed by atoms with Crippen LogP contribution in [0.2, 0.25) is 0 Å². The number of carbonyl (C=O) groups excluding carboxylic acids is 3. The quantitative estimate of drug-likeness (QED) is 0.413. The van der Waals surface area contributed by atoms with Crippen LogP contribution in [0.4, 0.5) is 5.69 Å². The number of methoxy groups -OCH3 is 1. The Kier molecular flexibility index (Phi) is 6.46. The molecule has 1 N–H and O–H groups in total. The number of rotatable bonds is 6. The summed E-state index contributed by atoms with van der Waals surface area (Å²) in [6, 6.07) is 19.5. The summed E-state index contributed by atoms with van der Waals surface area (Å²) in [5.41, 5.74) is 3.75. The lowest BCUT2D eigenvalue weighted by Crippen LogP contribution is -2.22. The summed E-state index contributed by atoms with van der Waals surface area (Å²) < 4.78 is 10.9. The van der Waals surface area contributed by atoms with Crippen LogP contribution in [0, 0.1) is 6.92 Å². The van der Waals surface area contributed by atoms with E-state index in [0.29, 0.717) is 5.69 Å². The van der Waals surface area contributed by atoms with Gasteiger partial charge in [0, 0.05) is 11.3 Å². The van der Waals surface area contributed by atoms with Crippen molar-refractivity contribution in [2.45, 2.75) is 6.92 Å². The summed E-state index contributed by atoms with van der Waals surface area (Å²) in [7, 11) is 1.22. The molecule has 0 bridgehead atoms. The molecule has 4 rings (SSSR count). The molecule has 0 radical (unpaired) electrons. The summed E-state index contributed by atoms with van der Waals surface area (Å²) in [5, 5.41) is 3.58. The summed E-state index contributed by atoms with van der Waals surface area (Å²) in [5.74, 6) is -1.94. The first-order chi connectivity index (χ1) is 15.9. The van der Waals surface area contributed by atoms with E-state index in [1.54, 1.807) is 35.6 Å². The molecule has 3 aromatic carbocycles. The van der Waals surface area contributed by atoms with Gasteiger partial charge < -0.3 is 14.8 Å². The monoisotopic (exact) mass is 460 g/mol. The predicted octanol–water partition coefficient (Wildman–Crippen LogP) is 4.85. The van der Waals surface area contributed by atoms with Gasteiger partial charge in [0.15, 0.2) is 6.61 Å². The number of aromatic nitrogens is 1. The van der Waals surface area contributed by atoms with Gasteiger partial charge >= 0.3 is 11.9 Å². The average molecular weight is 461 g/mol. The number of amides is 1. The molecule has 0 fully saturated rings. The first kappa shape index (κ1) is 22.2. The van der Waals surface area contributed by atoms with Gasteiger partial charge in [-0.15, -0.1) is 11.3 Å². The Morgan fingerprint density at radius 2 is 1.64 bits per heavy atom. The van der Waals surface area contributed by atoms with Crippen LogP contribution in [-0.4, -0.2) is 36.5 Å². The minimum atomic E-state index is -0.785. The Balaban J connectivity index is 1.37. The van der Waals surface area contributed by atoms with E-state index < -0.39 is 24.5 Å². The minimum absolute atomic E-state index is 0.0348. The molecule has 8 heteroatoms. The van der Waals surface area contributed by atoms with Gasteiger partial charge in [-0.3, -0.25) is 4.79 Å². The normalized spacial score (nSPS) is 10.6. The highest BCUT2D eigenvalue weighted by molar-refractivity contribution is 7.21. The third-order valence-electron chi connectivity index (χ3n) is 4.85. The Morgan fingerprint density at radius 3 is 2.33 bits per heavy atom. The molecular formula is C25H20N2O5S. The topological polar surface area (TPSA) is 94.6 Å². The lowest BCUT2D eigenvalue weighted by Gasteiger charge is -2.09. The van der Waals surface area contributed by atoms with Crippen molar-refractivity contribution in [3.8, 4) is 10.6 Å². The molecule has 1 heterocycles. The predicted molar refractivity (Wildman–Crippen MR) is 126 cm³/mol. The molecule has 4 aromatic rings. The van der Waals surface area contributed by atoms with E-state index in [1.165, 1.54) is 24.8 Å². The number of hydrogen-bond donors (Lipinski definition) is 1. The maximum atomic E-state index is 12.3. The SMILES string of the molecule is COC(=O)c1ccccc1C(=O)OCC(=O)Nc1ccc(-c2nc3ccc(C)cc3s2)cc1. The molecular weight excluding hydrogens is 440 g/mol. The molecule has 0 atom stereocenters. The Bertz CT molecular complexity index is 1340. The number of carbonyl (C=O) groups is 3. The largest absolute Gasteiger partial charge is 0.465 e. The zero-order valence-corrected chi connectivity index (χ0v) is 18.8. The van der Waals surface area contributed by atoms with Gasteiger partial charge in [0.05, 0.1) is 28.5 Å². The van der Waals surface area contributed by atoms with Gasteiger partial charge in [-0.05, 0) is 61.0 Å². The Hall–Kier alpha value is -4.04. The van der Waals surface area contributed by atoms with E-state index in [0.717, 1.165) is 20.8 Å². The van der Waals surface area contributed by atoms with E-state index in [-0.39, 0.29) is 11.1 Å². The number of thiazole rings is 1. The maximum Gasteiger partial charge on any atom is 0.339 e. The van der Waals surface area contributed by atoms with Crippen LogP contribution >= 0.6 is 11.3 Å². The molecule has 0 unspecified atom stereocenters. The molecule has 7 nitrogen and oxygen atoms in total. The lowest BCUT2D eigenvalue weighted by atomic mass is 10.1. The van der Waals surface area contributed by atoms with E-state index in [1.807, 2.05) is 31.2 Å². The highest BCUT2D eigenvalue weighted by Crippen LogP contribution is 2.31. The molecule has 0 saturated heterocycles. The number of hydrogen-bond acceptors (Lipinski definition) is 7. The number of esters is 2. The second kappa shape index (κ2) is 9.62. The molecule has 0 aliphatic rings. The first-order valence-electron chi connectivity index (χ1n) is 10.1. The van der Waals surface area contributed by atoms with E-state index in [2.05, 4.69) is 21.1 Å². The summed E-state index contributed by atoms with van der Waals surface area (Å²) >= 11 is 1.61. The van der Waals surface area contributed by atoms with Crippen molar-refractivity contribution in [1.82, 2.24) is 4.98 Å². The van der Waals surface area contributed by atoms with Crippen LogP contribution in [0.3, 0.4) is 0 Å². The first-order valence-corrected chi connectivity index (χ1v) is 10.9. The van der Waals surface area contributed by atoms with Crippen molar-refractivity contribution in [2.75, 3.05) is 19.0 Å². The van der Waals surface area contributed by atoms with Crippen molar-refractivity contribution in [3.05, 3.63) is 83.4 Å². The number of nitrogens with zero attached hydrogens (tertiary/aromatic N) is 1. The molecule has 0 aliphatic carbocycles. The van der Waals surface area contributed by atoms with Crippen LogP contribution in [-0.2, 0) is 14.3 Å². The highest BCUT2D eigenvalue weighted by atomic mass is 32.1. The second-order valence-electron chi connectivity index (χ2n) is 7.23. The van der Waals surface area contributed by atoms with Crippen molar-refractivity contribution >= 4 is 45.1 Å². The molecule has 0 aliphatic heterocycles. The summed E-state index contributed by atoms with van der Waals surface area (Å²) in [4.78, 5) is 41.0. The van der Waals surface area contributed by atoms with Crippen LogP contribution in [0.15, 0.2) is 66.7 Å². The summed E-state index contributed by atoms with van der Waals surface area (Å²) in [6.45, 7) is 1.55. The number of anilines is 1. The Morgan fingerprint density at radius 1 is 0.939 bits per heavy atom. The fraction of sp³-hybridized carbons (Fsp3) is 0.120. The average Bonchev–Trinajstić information content (AvgIpc) is 3.25. The lowest BCUT2D eigenvalue weighted by molar-refractivity contribution is -0.119. The zero-order valence-electron chi connectivity index (χ0n) is 18.0. The molecule has 0 saturated carbocycles.